The molecule has 0 aromatic heterocycles. The van der Waals surface area contributed by atoms with Crippen LogP contribution in [-0.2, 0) is 0 Å². The van der Waals surface area contributed by atoms with Gasteiger partial charge in [0, 0.05) is 6.07 Å². The molecule has 0 aliphatic carbocycles. The summed E-state index contributed by atoms with van der Waals surface area (Å²) in [6, 6.07) is 3.20. The third kappa shape index (κ3) is 3.56. The minimum atomic E-state index is -0.732. The Morgan fingerprint density at radius 3 is 2.50 bits per heavy atom. The molecule has 0 saturated heterocycles. The number of nitrogens with two attached hydrogens (primary N) is 1. The van der Waals surface area contributed by atoms with Crippen molar-refractivity contribution in [3.05, 3.63) is 38.4 Å². The summed E-state index contributed by atoms with van der Waals surface area (Å²) in [7, 11) is 0. The van der Waals surface area contributed by atoms with E-state index in [1.54, 1.807) is 0 Å². The van der Waals surface area contributed by atoms with Crippen molar-refractivity contribution in [3.63, 3.8) is 0 Å². The highest BCUT2D eigenvalue weighted by molar-refractivity contribution is 5.61. The Balaban J connectivity index is 3.00. The number of nitrogens with zero attached hydrogens (tertiary/aromatic N) is 4. The van der Waals surface area contributed by atoms with Gasteiger partial charge in [0.2, 0.25) is 0 Å². The number of nitro benzene ring substituents is 2. The van der Waals surface area contributed by atoms with Crippen molar-refractivity contribution in [2.24, 2.45) is 16.0 Å². The van der Waals surface area contributed by atoms with Crippen LogP contribution in [-0.4, -0.2) is 22.9 Å². The van der Waals surface area contributed by atoms with Crippen molar-refractivity contribution in [1.29, 1.82) is 0 Å². The highest BCUT2D eigenvalue weighted by atomic mass is 16.6. The number of benzene rings is 1. The lowest BCUT2D eigenvalue weighted by Gasteiger charge is -1.96. The minimum Gasteiger partial charge on any atom is -0.330 e. The van der Waals surface area contributed by atoms with Gasteiger partial charge in [-0.2, -0.15) is 5.11 Å². The summed E-state index contributed by atoms with van der Waals surface area (Å²) in [6.07, 6.45) is 0.615. The Hall–Kier alpha value is -2.42. The second kappa shape index (κ2) is 6.35. The average molecular weight is 253 g/mol. The van der Waals surface area contributed by atoms with E-state index in [2.05, 4.69) is 10.2 Å². The predicted molar refractivity (Wildman–Crippen MR) is 62.8 cm³/mol. The molecule has 1 aromatic rings. The van der Waals surface area contributed by atoms with Gasteiger partial charge in [-0.3, -0.25) is 20.2 Å². The van der Waals surface area contributed by atoms with E-state index in [0.717, 1.165) is 12.1 Å². The van der Waals surface area contributed by atoms with Crippen LogP contribution in [0.25, 0.3) is 0 Å². The second-order valence-corrected chi connectivity index (χ2v) is 3.29. The van der Waals surface area contributed by atoms with E-state index in [4.69, 9.17) is 5.73 Å². The Morgan fingerprint density at radius 2 is 1.94 bits per heavy atom. The quantitative estimate of drug-likeness (QED) is 0.357. The fourth-order valence-electron chi connectivity index (χ4n) is 1.14. The van der Waals surface area contributed by atoms with Crippen molar-refractivity contribution in [3.8, 4) is 0 Å². The van der Waals surface area contributed by atoms with Gasteiger partial charge in [0.25, 0.3) is 5.69 Å². The third-order valence-electron chi connectivity index (χ3n) is 2.01. The molecular weight excluding hydrogens is 242 g/mol. The molecule has 1 aromatic carbocycles. The highest BCUT2D eigenvalue weighted by Gasteiger charge is 2.19. The largest absolute Gasteiger partial charge is 0.330 e. The molecule has 0 heterocycles. The molecule has 0 aliphatic heterocycles. The number of hydrogen-bond donors (Lipinski definition) is 1. The summed E-state index contributed by atoms with van der Waals surface area (Å²) >= 11 is 0. The van der Waals surface area contributed by atoms with Crippen LogP contribution in [0.1, 0.15) is 6.42 Å². The summed E-state index contributed by atoms with van der Waals surface area (Å²) in [5.74, 6) is 0. The molecule has 0 unspecified atom stereocenters. The maximum absolute atomic E-state index is 10.7. The fraction of sp³-hybridized carbons (Fsp3) is 0.333. The maximum atomic E-state index is 10.7. The zero-order valence-electron chi connectivity index (χ0n) is 9.35. The standard InChI is InChI=1S/C9H11N5O4/c10-4-1-5-11-12-8-3-2-7(13(15)16)6-9(8)14(17)18/h2-3,6H,1,4-5,10H2. The molecule has 0 amide bonds. The Morgan fingerprint density at radius 1 is 1.22 bits per heavy atom. The van der Waals surface area contributed by atoms with Gasteiger partial charge in [-0.05, 0) is 19.0 Å². The zero-order chi connectivity index (χ0) is 13.5. The molecule has 0 aliphatic rings. The number of hydrogen-bond acceptors (Lipinski definition) is 7. The van der Waals surface area contributed by atoms with Crippen LogP contribution in [0.2, 0.25) is 0 Å². The molecule has 1 rings (SSSR count). The van der Waals surface area contributed by atoms with Crippen LogP contribution >= 0.6 is 0 Å². The Labute approximate surface area is 102 Å². The monoisotopic (exact) mass is 253 g/mol. The van der Waals surface area contributed by atoms with E-state index in [0.29, 0.717) is 19.5 Å². The lowest BCUT2D eigenvalue weighted by Crippen LogP contribution is -1.99. The third-order valence-corrected chi connectivity index (χ3v) is 2.01. The Bertz CT molecular complexity index is 488. The summed E-state index contributed by atoms with van der Waals surface area (Å²) in [5.41, 5.74) is 4.44. The van der Waals surface area contributed by atoms with E-state index in [-0.39, 0.29) is 11.4 Å². The summed E-state index contributed by atoms with van der Waals surface area (Å²) in [6.45, 7) is 0.798. The van der Waals surface area contributed by atoms with E-state index < -0.39 is 15.5 Å². The summed E-state index contributed by atoms with van der Waals surface area (Å²) in [5, 5.41) is 28.6. The zero-order valence-corrected chi connectivity index (χ0v) is 9.35. The summed E-state index contributed by atoms with van der Waals surface area (Å²) in [4.78, 5) is 19.8. The van der Waals surface area contributed by atoms with E-state index in [9.17, 15) is 20.2 Å². The van der Waals surface area contributed by atoms with Crippen LogP contribution in [0.3, 0.4) is 0 Å². The van der Waals surface area contributed by atoms with Gasteiger partial charge in [0.15, 0.2) is 5.69 Å². The molecule has 2 N–H and O–H groups in total. The first-order chi connectivity index (χ1) is 8.56. The molecule has 96 valence electrons. The summed E-state index contributed by atoms with van der Waals surface area (Å²) < 4.78 is 0. The maximum Gasteiger partial charge on any atom is 0.303 e. The molecule has 0 spiro atoms. The van der Waals surface area contributed by atoms with Crippen LogP contribution in [0.4, 0.5) is 17.1 Å². The predicted octanol–water partition coefficient (Wildman–Crippen LogP) is 1.94. The normalized spacial score (nSPS) is 10.7. The smallest absolute Gasteiger partial charge is 0.303 e. The molecule has 9 heteroatoms. The molecule has 0 atom stereocenters. The van der Waals surface area contributed by atoms with Crippen molar-refractivity contribution in [2.45, 2.75) is 6.42 Å². The van der Waals surface area contributed by atoms with Crippen LogP contribution < -0.4 is 5.73 Å². The van der Waals surface area contributed by atoms with Crippen molar-refractivity contribution < 1.29 is 9.85 Å². The number of azo groups is 1. The van der Waals surface area contributed by atoms with Crippen molar-refractivity contribution >= 4 is 17.1 Å². The molecular formula is C9H11N5O4. The highest BCUT2D eigenvalue weighted by Crippen LogP contribution is 2.31. The van der Waals surface area contributed by atoms with Gasteiger partial charge in [-0.15, -0.1) is 5.11 Å². The molecule has 0 fully saturated rings. The van der Waals surface area contributed by atoms with Crippen LogP contribution in [0.15, 0.2) is 28.4 Å². The molecule has 18 heavy (non-hydrogen) atoms. The molecule has 0 bridgehead atoms. The SMILES string of the molecule is NCCCN=Nc1ccc([N+](=O)[O-])cc1[N+](=O)[O-]. The first kappa shape index (κ1) is 13.6. The number of non-ortho nitro benzene ring substituents is 1. The van der Waals surface area contributed by atoms with Gasteiger partial charge in [-0.1, -0.05) is 0 Å². The van der Waals surface area contributed by atoms with Crippen molar-refractivity contribution in [2.75, 3.05) is 13.1 Å². The number of nitro groups is 2. The van der Waals surface area contributed by atoms with Gasteiger partial charge in [0.05, 0.1) is 22.5 Å². The lowest BCUT2D eigenvalue weighted by molar-refractivity contribution is -0.393. The molecule has 0 saturated carbocycles. The first-order valence-corrected chi connectivity index (χ1v) is 5.06. The van der Waals surface area contributed by atoms with E-state index >= 15 is 0 Å². The molecule has 0 radical (unpaired) electrons. The lowest BCUT2D eigenvalue weighted by atomic mass is 10.2. The number of rotatable bonds is 6. The first-order valence-electron chi connectivity index (χ1n) is 5.06. The van der Waals surface area contributed by atoms with Gasteiger partial charge in [0.1, 0.15) is 0 Å². The van der Waals surface area contributed by atoms with Gasteiger partial charge < -0.3 is 5.73 Å². The van der Waals surface area contributed by atoms with Gasteiger partial charge in [-0.25, -0.2) is 0 Å². The minimum absolute atomic E-state index is 0.0115. The van der Waals surface area contributed by atoms with Crippen molar-refractivity contribution in [1.82, 2.24) is 0 Å². The molecule has 9 nitrogen and oxygen atoms in total. The van der Waals surface area contributed by atoms with E-state index in [1.807, 2.05) is 0 Å². The fourth-order valence-corrected chi connectivity index (χ4v) is 1.14. The Kier molecular flexibility index (Phi) is 4.81. The average Bonchev–Trinajstić information content (AvgIpc) is 2.34. The van der Waals surface area contributed by atoms with Crippen LogP contribution in [0, 0.1) is 20.2 Å². The van der Waals surface area contributed by atoms with Gasteiger partial charge >= 0.3 is 5.69 Å². The second-order valence-electron chi connectivity index (χ2n) is 3.29. The van der Waals surface area contributed by atoms with E-state index in [1.165, 1.54) is 6.07 Å². The topological polar surface area (TPSA) is 137 Å². The van der Waals surface area contributed by atoms with Crippen LogP contribution in [0.5, 0.6) is 0 Å².